The van der Waals surface area contributed by atoms with Gasteiger partial charge in [-0.1, -0.05) is 49.8 Å². The van der Waals surface area contributed by atoms with Gasteiger partial charge in [0.1, 0.15) is 0 Å². The Morgan fingerprint density at radius 1 is 1.28 bits per heavy atom. The molecular formula is C17H27N. The van der Waals surface area contributed by atoms with Gasteiger partial charge in [0.25, 0.3) is 0 Å². The average Bonchev–Trinajstić information content (AvgIpc) is 2.34. The molecule has 1 atom stereocenters. The molecule has 1 heteroatoms. The molecule has 18 heavy (non-hydrogen) atoms. The Balaban J connectivity index is 2.75. The predicted molar refractivity (Wildman–Crippen MR) is 81.1 cm³/mol. The zero-order chi connectivity index (χ0) is 13.5. The van der Waals surface area contributed by atoms with Crippen molar-refractivity contribution in [2.75, 3.05) is 6.54 Å². The van der Waals surface area contributed by atoms with Crippen LogP contribution in [0.5, 0.6) is 0 Å². The van der Waals surface area contributed by atoms with Gasteiger partial charge in [0.15, 0.2) is 0 Å². The van der Waals surface area contributed by atoms with Gasteiger partial charge in [0.05, 0.1) is 0 Å². The zero-order valence-electron chi connectivity index (χ0n) is 12.3. The highest BCUT2D eigenvalue weighted by molar-refractivity contribution is 5.31. The summed E-state index contributed by atoms with van der Waals surface area (Å²) in [4.78, 5) is 0. The van der Waals surface area contributed by atoms with E-state index in [0.717, 1.165) is 25.8 Å². The second kappa shape index (κ2) is 7.38. The van der Waals surface area contributed by atoms with Crippen molar-refractivity contribution < 1.29 is 0 Å². The SMILES string of the molecule is C=C(CC)CC(Cc1cc(C)ccc1C)NCC. The molecule has 1 aromatic rings. The highest BCUT2D eigenvalue weighted by Gasteiger charge is 2.11. The normalized spacial score (nSPS) is 12.4. The van der Waals surface area contributed by atoms with Crippen molar-refractivity contribution in [2.45, 2.75) is 53.0 Å². The standard InChI is InChI=1S/C17H27N/c1-6-13(3)11-17(18-7-2)12-16-10-14(4)8-9-15(16)5/h8-10,17-18H,3,6-7,11-12H2,1-2,4-5H3. The molecule has 0 bridgehead atoms. The summed E-state index contributed by atoms with van der Waals surface area (Å²) < 4.78 is 0. The summed E-state index contributed by atoms with van der Waals surface area (Å²) in [5.41, 5.74) is 5.54. The van der Waals surface area contributed by atoms with Crippen molar-refractivity contribution in [3.8, 4) is 0 Å². The van der Waals surface area contributed by atoms with Crippen LogP contribution < -0.4 is 5.32 Å². The molecule has 1 rings (SSSR count). The van der Waals surface area contributed by atoms with Crippen molar-refractivity contribution in [3.63, 3.8) is 0 Å². The van der Waals surface area contributed by atoms with E-state index in [4.69, 9.17) is 0 Å². The third-order valence-corrected chi connectivity index (χ3v) is 3.50. The maximum atomic E-state index is 4.14. The van der Waals surface area contributed by atoms with Gasteiger partial charge in [0.2, 0.25) is 0 Å². The monoisotopic (exact) mass is 245 g/mol. The van der Waals surface area contributed by atoms with Crippen LogP contribution in [0.4, 0.5) is 0 Å². The summed E-state index contributed by atoms with van der Waals surface area (Å²) in [6.45, 7) is 13.9. The van der Waals surface area contributed by atoms with Gasteiger partial charge in [-0.15, -0.1) is 0 Å². The van der Waals surface area contributed by atoms with E-state index in [0.29, 0.717) is 6.04 Å². The Morgan fingerprint density at radius 2 is 2.00 bits per heavy atom. The van der Waals surface area contributed by atoms with Crippen LogP contribution in [-0.2, 0) is 6.42 Å². The summed E-state index contributed by atoms with van der Waals surface area (Å²) in [6.07, 6.45) is 3.26. The zero-order valence-corrected chi connectivity index (χ0v) is 12.3. The first-order valence-corrected chi connectivity index (χ1v) is 7.03. The van der Waals surface area contributed by atoms with Crippen LogP contribution in [0.25, 0.3) is 0 Å². The van der Waals surface area contributed by atoms with E-state index >= 15 is 0 Å². The molecule has 1 N–H and O–H groups in total. The van der Waals surface area contributed by atoms with Gasteiger partial charge in [-0.3, -0.25) is 0 Å². The smallest absolute Gasteiger partial charge is 0.0144 e. The van der Waals surface area contributed by atoms with Crippen LogP contribution in [0, 0.1) is 13.8 Å². The van der Waals surface area contributed by atoms with Gasteiger partial charge >= 0.3 is 0 Å². The van der Waals surface area contributed by atoms with E-state index in [1.807, 2.05) is 0 Å². The molecular weight excluding hydrogens is 218 g/mol. The fourth-order valence-corrected chi connectivity index (χ4v) is 2.28. The van der Waals surface area contributed by atoms with Crippen LogP contribution in [-0.4, -0.2) is 12.6 Å². The summed E-state index contributed by atoms with van der Waals surface area (Å²) in [5, 5.41) is 3.58. The van der Waals surface area contributed by atoms with Gasteiger partial charge in [0, 0.05) is 6.04 Å². The third-order valence-electron chi connectivity index (χ3n) is 3.50. The van der Waals surface area contributed by atoms with Crippen LogP contribution in [0.1, 0.15) is 43.4 Å². The number of benzene rings is 1. The lowest BCUT2D eigenvalue weighted by Crippen LogP contribution is -2.31. The Bertz CT molecular complexity index is 393. The van der Waals surface area contributed by atoms with E-state index in [9.17, 15) is 0 Å². The van der Waals surface area contributed by atoms with Crippen molar-refractivity contribution in [1.82, 2.24) is 5.32 Å². The minimum atomic E-state index is 0.517. The molecule has 0 saturated heterocycles. The molecule has 0 spiro atoms. The minimum Gasteiger partial charge on any atom is -0.314 e. The average molecular weight is 245 g/mol. The molecule has 0 aliphatic carbocycles. The van der Waals surface area contributed by atoms with Gasteiger partial charge < -0.3 is 5.32 Å². The van der Waals surface area contributed by atoms with Gasteiger partial charge in [-0.25, -0.2) is 0 Å². The molecule has 100 valence electrons. The van der Waals surface area contributed by atoms with Gasteiger partial charge in [-0.05, 0) is 50.8 Å². The second-order valence-corrected chi connectivity index (χ2v) is 5.20. The Hall–Kier alpha value is -1.08. The number of nitrogens with one attached hydrogen (secondary N) is 1. The third kappa shape index (κ3) is 4.66. The Kier molecular flexibility index (Phi) is 6.14. The summed E-state index contributed by atoms with van der Waals surface area (Å²) in [7, 11) is 0. The first kappa shape index (κ1) is 15.0. The maximum Gasteiger partial charge on any atom is 0.0144 e. The molecule has 0 saturated carbocycles. The minimum absolute atomic E-state index is 0.517. The van der Waals surface area contributed by atoms with Crippen molar-refractivity contribution in [2.24, 2.45) is 0 Å². The van der Waals surface area contributed by atoms with Crippen molar-refractivity contribution >= 4 is 0 Å². The first-order chi connectivity index (χ1) is 8.56. The molecule has 1 nitrogen and oxygen atoms in total. The Labute approximate surface area is 112 Å². The van der Waals surface area contributed by atoms with E-state index < -0.39 is 0 Å². The fourth-order valence-electron chi connectivity index (χ4n) is 2.28. The van der Waals surface area contributed by atoms with E-state index in [1.165, 1.54) is 22.3 Å². The molecule has 0 heterocycles. The van der Waals surface area contributed by atoms with Gasteiger partial charge in [-0.2, -0.15) is 0 Å². The lowest BCUT2D eigenvalue weighted by atomic mass is 9.95. The second-order valence-electron chi connectivity index (χ2n) is 5.20. The lowest BCUT2D eigenvalue weighted by molar-refractivity contribution is 0.515. The molecule has 1 unspecified atom stereocenters. The number of hydrogen-bond donors (Lipinski definition) is 1. The first-order valence-electron chi connectivity index (χ1n) is 7.03. The number of hydrogen-bond acceptors (Lipinski definition) is 1. The molecule has 0 amide bonds. The maximum absolute atomic E-state index is 4.14. The van der Waals surface area contributed by atoms with Crippen LogP contribution >= 0.6 is 0 Å². The largest absolute Gasteiger partial charge is 0.314 e. The molecule has 0 radical (unpaired) electrons. The topological polar surface area (TPSA) is 12.0 Å². The van der Waals surface area contributed by atoms with Crippen LogP contribution in [0.15, 0.2) is 30.4 Å². The summed E-state index contributed by atoms with van der Waals surface area (Å²) in [5.74, 6) is 0. The lowest BCUT2D eigenvalue weighted by Gasteiger charge is -2.20. The van der Waals surface area contributed by atoms with E-state index in [1.54, 1.807) is 0 Å². The highest BCUT2D eigenvalue weighted by Crippen LogP contribution is 2.16. The summed E-state index contributed by atoms with van der Waals surface area (Å²) in [6, 6.07) is 7.24. The number of rotatable bonds is 7. The van der Waals surface area contributed by atoms with Crippen LogP contribution in [0.2, 0.25) is 0 Å². The van der Waals surface area contributed by atoms with Crippen LogP contribution in [0.3, 0.4) is 0 Å². The van der Waals surface area contributed by atoms with Crippen molar-refractivity contribution in [1.29, 1.82) is 0 Å². The molecule has 0 aromatic heterocycles. The van der Waals surface area contributed by atoms with E-state index in [2.05, 4.69) is 57.8 Å². The molecule has 1 aromatic carbocycles. The quantitative estimate of drug-likeness (QED) is 0.711. The number of aryl methyl sites for hydroxylation is 2. The molecule has 0 fully saturated rings. The predicted octanol–water partition coefficient (Wildman–Crippen LogP) is 4.18. The molecule has 0 aliphatic rings. The fraction of sp³-hybridized carbons (Fsp3) is 0.529. The van der Waals surface area contributed by atoms with Crippen molar-refractivity contribution in [3.05, 3.63) is 47.0 Å². The Morgan fingerprint density at radius 3 is 2.61 bits per heavy atom. The van der Waals surface area contributed by atoms with E-state index in [-0.39, 0.29) is 0 Å². The highest BCUT2D eigenvalue weighted by atomic mass is 14.9. The summed E-state index contributed by atoms with van der Waals surface area (Å²) >= 11 is 0. The molecule has 0 aliphatic heterocycles. The number of likely N-dealkylation sites (N-methyl/N-ethyl adjacent to an activating group) is 1.